The lowest BCUT2D eigenvalue weighted by Crippen LogP contribution is -2.37. The van der Waals surface area contributed by atoms with Crippen molar-refractivity contribution in [1.29, 1.82) is 0 Å². The SMILES string of the molecule is Cc1ccc(-c2ccccc2CC2CN(C(=O)c3cccc(F)c3)CCNC2=O)cc1. The summed E-state index contributed by atoms with van der Waals surface area (Å²) in [5.41, 5.74) is 4.74. The molecule has 4 rings (SSSR count). The molecule has 0 aliphatic carbocycles. The maximum absolute atomic E-state index is 13.6. The van der Waals surface area contributed by atoms with Crippen molar-refractivity contribution in [1.82, 2.24) is 10.2 Å². The van der Waals surface area contributed by atoms with E-state index < -0.39 is 5.82 Å². The topological polar surface area (TPSA) is 49.4 Å². The molecule has 3 aromatic carbocycles. The average molecular weight is 416 g/mol. The second-order valence-corrected chi connectivity index (χ2v) is 7.98. The highest BCUT2D eigenvalue weighted by molar-refractivity contribution is 5.95. The molecule has 0 saturated carbocycles. The lowest BCUT2D eigenvalue weighted by molar-refractivity contribution is -0.124. The van der Waals surface area contributed by atoms with E-state index in [0.29, 0.717) is 31.6 Å². The number of rotatable bonds is 4. The van der Waals surface area contributed by atoms with Gasteiger partial charge in [-0.3, -0.25) is 9.59 Å². The second-order valence-electron chi connectivity index (χ2n) is 7.98. The van der Waals surface area contributed by atoms with Crippen molar-refractivity contribution < 1.29 is 14.0 Å². The van der Waals surface area contributed by atoms with Crippen LogP contribution >= 0.6 is 0 Å². The van der Waals surface area contributed by atoms with Crippen molar-refractivity contribution in [2.24, 2.45) is 5.92 Å². The van der Waals surface area contributed by atoms with Crippen molar-refractivity contribution in [3.63, 3.8) is 0 Å². The van der Waals surface area contributed by atoms with Crippen LogP contribution in [0.3, 0.4) is 0 Å². The molecule has 5 heteroatoms. The fourth-order valence-corrected chi connectivity index (χ4v) is 4.02. The van der Waals surface area contributed by atoms with Gasteiger partial charge in [0.1, 0.15) is 5.82 Å². The molecule has 1 atom stereocenters. The van der Waals surface area contributed by atoms with E-state index in [1.54, 1.807) is 11.0 Å². The Morgan fingerprint density at radius 1 is 1.06 bits per heavy atom. The van der Waals surface area contributed by atoms with Crippen molar-refractivity contribution in [3.05, 3.63) is 95.3 Å². The van der Waals surface area contributed by atoms with E-state index >= 15 is 0 Å². The molecule has 1 heterocycles. The minimum Gasteiger partial charge on any atom is -0.354 e. The number of amides is 2. The van der Waals surface area contributed by atoms with Crippen LogP contribution in [-0.4, -0.2) is 36.3 Å². The summed E-state index contributed by atoms with van der Waals surface area (Å²) in [4.78, 5) is 27.4. The highest BCUT2D eigenvalue weighted by atomic mass is 19.1. The van der Waals surface area contributed by atoms with Crippen LogP contribution in [-0.2, 0) is 11.2 Å². The molecule has 2 amide bonds. The van der Waals surface area contributed by atoms with Gasteiger partial charge in [-0.2, -0.15) is 0 Å². The van der Waals surface area contributed by atoms with Crippen LogP contribution < -0.4 is 5.32 Å². The summed E-state index contributed by atoms with van der Waals surface area (Å²) in [5.74, 6) is -1.15. The smallest absolute Gasteiger partial charge is 0.254 e. The van der Waals surface area contributed by atoms with Gasteiger partial charge >= 0.3 is 0 Å². The number of hydrogen-bond acceptors (Lipinski definition) is 2. The van der Waals surface area contributed by atoms with Crippen LogP contribution in [0.2, 0.25) is 0 Å². The maximum atomic E-state index is 13.6. The van der Waals surface area contributed by atoms with Gasteiger partial charge in [0.25, 0.3) is 5.91 Å². The van der Waals surface area contributed by atoms with Crippen molar-refractivity contribution in [3.8, 4) is 11.1 Å². The third-order valence-corrected chi connectivity index (χ3v) is 5.70. The number of carbonyl (C=O) groups is 2. The lowest BCUT2D eigenvalue weighted by Gasteiger charge is -2.24. The third-order valence-electron chi connectivity index (χ3n) is 5.70. The number of aryl methyl sites for hydroxylation is 1. The Kier molecular flexibility index (Phi) is 6.12. The fraction of sp³-hybridized carbons (Fsp3) is 0.231. The Balaban J connectivity index is 1.58. The maximum Gasteiger partial charge on any atom is 0.254 e. The number of benzene rings is 3. The number of hydrogen-bond donors (Lipinski definition) is 1. The fourth-order valence-electron chi connectivity index (χ4n) is 4.02. The highest BCUT2D eigenvalue weighted by Gasteiger charge is 2.29. The Morgan fingerprint density at radius 2 is 1.84 bits per heavy atom. The third kappa shape index (κ3) is 4.82. The predicted molar refractivity (Wildman–Crippen MR) is 119 cm³/mol. The van der Waals surface area contributed by atoms with E-state index in [2.05, 4.69) is 42.6 Å². The Labute approximate surface area is 181 Å². The molecular formula is C26H25FN2O2. The van der Waals surface area contributed by atoms with Gasteiger partial charge in [0.2, 0.25) is 5.91 Å². The molecular weight excluding hydrogens is 391 g/mol. The van der Waals surface area contributed by atoms with Crippen LogP contribution in [0.1, 0.15) is 21.5 Å². The molecule has 31 heavy (non-hydrogen) atoms. The summed E-state index contributed by atoms with van der Waals surface area (Å²) in [7, 11) is 0. The summed E-state index contributed by atoms with van der Waals surface area (Å²) in [6.45, 7) is 3.13. The molecule has 1 aliphatic heterocycles. The number of carbonyl (C=O) groups excluding carboxylic acids is 2. The van der Waals surface area contributed by atoms with Crippen molar-refractivity contribution in [2.75, 3.05) is 19.6 Å². The molecule has 0 aromatic heterocycles. The van der Waals surface area contributed by atoms with Gasteiger partial charge in [-0.1, -0.05) is 60.2 Å². The van der Waals surface area contributed by atoms with E-state index in [1.807, 2.05) is 18.2 Å². The Hall–Kier alpha value is -3.47. The predicted octanol–water partition coefficient (Wildman–Crippen LogP) is 4.23. The normalized spacial score (nSPS) is 16.5. The molecule has 1 fully saturated rings. The molecule has 1 aliphatic rings. The van der Waals surface area contributed by atoms with E-state index in [-0.39, 0.29) is 17.7 Å². The quantitative estimate of drug-likeness (QED) is 0.692. The monoisotopic (exact) mass is 416 g/mol. The summed E-state index contributed by atoms with van der Waals surface area (Å²) in [5, 5.41) is 2.92. The lowest BCUT2D eigenvalue weighted by atomic mass is 9.91. The number of nitrogens with one attached hydrogen (secondary N) is 1. The van der Waals surface area contributed by atoms with E-state index in [4.69, 9.17) is 0 Å². The first-order valence-electron chi connectivity index (χ1n) is 10.5. The van der Waals surface area contributed by atoms with Crippen LogP contribution in [0.4, 0.5) is 4.39 Å². The van der Waals surface area contributed by atoms with Crippen molar-refractivity contribution in [2.45, 2.75) is 13.3 Å². The van der Waals surface area contributed by atoms with Gasteiger partial charge in [0, 0.05) is 25.2 Å². The van der Waals surface area contributed by atoms with Crippen molar-refractivity contribution >= 4 is 11.8 Å². The number of halogens is 1. The van der Waals surface area contributed by atoms with Crippen LogP contribution in [0.5, 0.6) is 0 Å². The minimum atomic E-state index is -0.446. The summed E-state index contributed by atoms with van der Waals surface area (Å²) >= 11 is 0. The molecule has 0 radical (unpaired) electrons. The van der Waals surface area contributed by atoms with E-state index in [1.165, 1.54) is 23.8 Å². The van der Waals surface area contributed by atoms with Gasteiger partial charge in [-0.15, -0.1) is 0 Å². The zero-order chi connectivity index (χ0) is 21.8. The molecule has 158 valence electrons. The molecule has 3 aromatic rings. The average Bonchev–Trinajstić information content (AvgIpc) is 2.96. The zero-order valence-corrected chi connectivity index (χ0v) is 17.5. The van der Waals surface area contributed by atoms with Crippen LogP contribution in [0.25, 0.3) is 11.1 Å². The van der Waals surface area contributed by atoms with E-state index in [9.17, 15) is 14.0 Å². The Morgan fingerprint density at radius 3 is 2.61 bits per heavy atom. The molecule has 0 spiro atoms. The summed E-state index contributed by atoms with van der Waals surface area (Å²) in [6, 6.07) is 22.1. The van der Waals surface area contributed by atoms with E-state index in [0.717, 1.165) is 16.7 Å². The van der Waals surface area contributed by atoms with Gasteiger partial charge < -0.3 is 10.2 Å². The zero-order valence-electron chi connectivity index (χ0n) is 17.5. The molecule has 1 unspecified atom stereocenters. The summed E-state index contributed by atoms with van der Waals surface area (Å²) < 4.78 is 13.6. The number of nitrogens with zero attached hydrogens (tertiary/aromatic N) is 1. The molecule has 0 bridgehead atoms. The minimum absolute atomic E-state index is 0.0618. The van der Waals surface area contributed by atoms with Gasteiger partial charge in [-0.25, -0.2) is 4.39 Å². The Bertz CT molecular complexity index is 1090. The molecule has 1 N–H and O–H groups in total. The van der Waals surface area contributed by atoms with Crippen LogP contribution in [0.15, 0.2) is 72.8 Å². The first kappa shape index (κ1) is 20.8. The molecule has 1 saturated heterocycles. The van der Waals surface area contributed by atoms with Crippen LogP contribution in [0, 0.1) is 18.7 Å². The van der Waals surface area contributed by atoms with Gasteiger partial charge in [-0.05, 0) is 48.2 Å². The highest BCUT2D eigenvalue weighted by Crippen LogP contribution is 2.27. The molecule has 4 nitrogen and oxygen atoms in total. The standard InChI is InChI=1S/C26H25FN2O2/c1-18-9-11-19(12-10-18)24-8-3-2-5-20(24)15-22-17-29(14-13-28-25(22)30)26(31)21-6-4-7-23(27)16-21/h2-12,16,22H,13-15,17H2,1H3,(H,28,30). The summed E-state index contributed by atoms with van der Waals surface area (Å²) in [6.07, 6.45) is 0.517. The first-order chi connectivity index (χ1) is 15.0. The van der Waals surface area contributed by atoms with Gasteiger partial charge in [0.15, 0.2) is 0 Å². The largest absolute Gasteiger partial charge is 0.354 e. The second kappa shape index (κ2) is 9.13. The van der Waals surface area contributed by atoms with Gasteiger partial charge in [0.05, 0.1) is 5.92 Å². The first-order valence-corrected chi connectivity index (χ1v) is 10.5.